The first kappa shape index (κ1) is 14.6. The van der Waals surface area contributed by atoms with Crippen LogP contribution in [0.4, 0.5) is 0 Å². The molecule has 1 aliphatic rings. The molecule has 1 aromatic carbocycles. The minimum absolute atomic E-state index is 0.0266. The average Bonchev–Trinajstić information content (AvgIpc) is 3.14. The van der Waals surface area contributed by atoms with Gasteiger partial charge in [-0.25, -0.2) is 0 Å². The van der Waals surface area contributed by atoms with Crippen molar-refractivity contribution >= 4 is 16.8 Å². The van der Waals surface area contributed by atoms with Gasteiger partial charge in [0.05, 0.1) is 6.07 Å². The maximum atomic E-state index is 12.3. The molecule has 2 N–H and O–H groups in total. The molecule has 1 fully saturated rings. The maximum absolute atomic E-state index is 12.3. The van der Waals surface area contributed by atoms with E-state index in [0.717, 1.165) is 36.8 Å². The molecule has 0 aliphatic heterocycles. The van der Waals surface area contributed by atoms with Crippen molar-refractivity contribution in [2.75, 3.05) is 0 Å². The highest BCUT2D eigenvalue weighted by Gasteiger charge is 2.35. The number of amides is 1. The summed E-state index contributed by atoms with van der Waals surface area (Å²) in [6, 6.07) is 10.4. The largest absolute Gasteiger partial charge is 0.361 e. The van der Waals surface area contributed by atoms with Crippen LogP contribution in [0.3, 0.4) is 0 Å². The molecule has 4 heteroatoms. The fourth-order valence-corrected chi connectivity index (χ4v) is 3.45. The number of hydrogen-bond donors (Lipinski definition) is 2. The molecule has 4 nitrogen and oxygen atoms in total. The summed E-state index contributed by atoms with van der Waals surface area (Å²) in [5.41, 5.74) is 1.62. The lowest BCUT2D eigenvalue weighted by Gasteiger charge is -2.23. The normalized spacial score (nSPS) is 18.0. The van der Waals surface area contributed by atoms with Crippen molar-refractivity contribution in [3.63, 3.8) is 0 Å². The predicted octanol–water partition coefficient (Wildman–Crippen LogP) is 3.61. The van der Waals surface area contributed by atoms with Gasteiger partial charge in [-0.3, -0.25) is 4.79 Å². The van der Waals surface area contributed by atoms with E-state index < -0.39 is 5.54 Å². The molecule has 22 heavy (non-hydrogen) atoms. The molecule has 1 saturated carbocycles. The van der Waals surface area contributed by atoms with Crippen LogP contribution >= 0.6 is 0 Å². The lowest BCUT2D eigenvalue weighted by molar-refractivity contribution is -0.122. The van der Waals surface area contributed by atoms with Gasteiger partial charge in [-0.1, -0.05) is 25.1 Å². The monoisotopic (exact) mass is 295 g/mol. The smallest absolute Gasteiger partial charge is 0.221 e. The number of nitrogens with zero attached hydrogens (tertiary/aromatic N) is 1. The van der Waals surface area contributed by atoms with E-state index in [1.807, 2.05) is 24.4 Å². The summed E-state index contributed by atoms with van der Waals surface area (Å²) in [4.78, 5) is 15.6. The predicted molar refractivity (Wildman–Crippen MR) is 86.3 cm³/mol. The first-order valence-corrected chi connectivity index (χ1v) is 7.92. The topological polar surface area (TPSA) is 68.7 Å². The van der Waals surface area contributed by atoms with Gasteiger partial charge in [0.2, 0.25) is 5.91 Å². The number of carbonyl (C=O) groups is 1. The van der Waals surface area contributed by atoms with Gasteiger partial charge in [0.1, 0.15) is 5.54 Å². The summed E-state index contributed by atoms with van der Waals surface area (Å²) < 4.78 is 0. The zero-order chi connectivity index (χ0) is 15.6. The Kier molecular flexibility index (Phi) is 3.89. The second-order valence-corrected chi connectivity index (χ2v) is 6.34. The number of aromatic amines is 1. The Hall–Kier alpha value is -2.28. The van der Waals surface area contributed by atoms with Gasteiger partial charge in [0, 0.05) is 23.5 Å². The van der Waals surface area contributed by atoms with E-state index >= 15 is 0 Å². The van der Waals surface area contributed by atoms with E-state index in [2.05, 4.69) is 29.4 Å². The van der Waals surface area contributed by atoms with Crippen molar-refractivity contribution in [3.8, 4) is 6.07 Å². The lowest BCUT2D eigenvalue weighted by Crippen LogP contribution is -2.45. The standard InChI is InChI=1S/C18H21N3O/c1-13(15-11-20-16-7-3-2-6-14(15)16)10-17(22)21-18(12-19)8-4-5-9-18/h2-3,6-7,11,13,20H,4-5,8-10H2,1H3,(H,21,22)/t13-/m0/s1. The van der Waals surface area contributed by atoms with Gasteiger partial charge >= 0.3 is 0 Å². The highest BCUT2D eigenvalue weighted by Crippen LogP contribution is 2.31. The molecule has 1 heterocycles. The number of nitrogens with one attached hydrogen (secondary N) is 2. The van der Waals surface area contributed by atoms with Gasteiger partial charge in [0.15, 0.2) is 0 Å². The lowest BCUT2D eigenvalue weighted by atomic mass is 9.95. The van der Waals surface area contributed by atoms with Crippen molar-refractivity contribution in [1.82, 2.24) is 10.3 Å². The van der Waals surface area contributed by atoms with Crippen LogP contribution in [-0.4, -0.2) is 16.4 Å². The molecule has 1 aliphatic carbocycles. The Bertz CT molecular complexity index is 719. The average molecular weight is 295 g/mol. The molecule has 2 aromatic rings. The molecule has 1 atom stereocenters. The molecule has 0 saturated heterocycles. The summed E-state index contributed by atoms with van der Waals surface area (Å²) in [5, 5.41) is 13.5. The van der Waals surface area contributed by atoms with Crippen molar-refractivity contribution in [3.05, 3.63) is 36.0 Å². The first-order chi connectivity index (χ1) is 10.6. The van der Waals surface area contributed by atoms with Crippen LogP contribution in [-0.2, 0) is 4.79 Å². The Morgan fingerprint density at radius 1 is 1.41 bits per heavy atom. The van der Waals surface area contributed by atoms with Gasteiger partial charge < -0.3 is 10.3 Å². The Balaban J connectivity index is 1.70. The van der Waals surface area contributed by atoms with Gasteiger partial charge in [-0.05, 0) is 43.2 Å². The molecule has 0 spiro atoms. The van der Waals surface area contributed by atoms with Crippen LogP contribution in [0, 0.1) is 11.3 Å². The number of hydrogen-bond acceptors (Lipinski definition) is 2. The van der Waals surface area contributed by atoms with E-state index in [-0.39, 0.29) is 11.8 Å². The molecule has 0 bridgehead atoms. The number of carbonyl (C=O) groups excluding carboxylic acids is 1. The van der Waals surface area contributed by atoms with Crippen molar-refractivity contribution in [2.45, 2.75) is 50.5 Å². The second kappa shape index (κ2) is 5.84. The van der Waals surface area contributed by atoms with Gasteiger partial charge in [-0.2, -0.15) is 5.26 Å². The molecule has 114 valence electrons. The van der Waals surface area contributed by atoms with Gasteiger partial charge in [0.25, 0.3) is 0 Å². The van der Waals surface area contributed by atoms with Crippen molar-refractivity contribution in [2.24, 2.45) is 0 Å². The van der Waals surface area contributed by atoms with Crippen LogP contribution in [0.1, 0.15) is 50.5 Å². The summed E-state index contributed by atoms with van der Waals surface area (Å²) >= 11 is 0. The molecule has 0 unspecified atom stereocenters. The Morgan fingerprint density at radius 3 is 2.86 bits per heavy atom. The number of aromatic nitrogens is 1. The number of rotatable bonds is 4. The SMILES string of the molecule is C[C@@H](CC(=O)NC1(C#N)CCCC1)c1c[nH]c2ccccc12. The third kappa shape index (κ3) is 2.71. The summed E-state index contributed by atoms with van der Waals surface area (Å²) in [5.74, 6) is 0.0922. The highest BCUT2D eigenvalue weighted by atomic mass is 16.1. The van der Waals surface area contributed by atoms with Crippen LogP contribution in [0.5, 0.6) is 0 Å². The van der Waals surface area contributed by atoms with E-state index in [4.69, 9.17) is 0 Å². The van der Waals surface area contributed by atoms with Crippen LogP contribution in [0.2, 0.25) is 0 Å². The number of nitriles is 1. The molecular weight excluding hydrogens is 274 g/mol. The second-order valence-electron chi connectivity index (χ2n) is 6.34. The van der Waals surface area contributed by atoms with Crippen LogP contribution < -0.4 is 5.32 Å². The summed E-state index contributed by atoms with van der Waals surface area (Å²) in [6.07, 6.45) is 5.98. The first-order valence-electron chi connectivity index (χ1n) is 7.92. The highest BCUT2D eigenvalue weighted by molar-refractivity contribution is 5.85. The minimum Gasteiger partial charge on any atom is -0.361 e. The quantitative estimate of drug-likeness (QED) is 0.904. The van der Waals surface area contributed by atoms with E-state index in [0.29, 0.717) is 6.42 Å². The molecule has 1 aromatic heterocycles. The third-order valence-electron chi connectivity index (χ3n) is 4.69. The third-order valence-corrected chi connectivity index (χ3v) is 4.69. The molecular formula is C18H21N3O. The van der Waals surface area contributed by atoms with Crippen LogP contribution in [0.15, 0.2) is 30.5 Å². The fourth-order valence-electron chi connectivity index (χ4n) is 3.45. The van der Waals surface area contributed by atoms with Crippen molar-refractivity contribution < 1.29 is 4.79 Å². The van der Waals surface area contributed by atoms with E-state index in [1.165, 1.54) is 5.39 Å². The molecule has 0 radical (unpaired) electrons. The maximum Gasteiger partial charge on any atom is 0.221 e. The number of para-hydroxylation sites is 1. The van der Waals surface area contributed by atoms with Gasteiger partial charge in [-0.15, -0.1) is 0 Å². The van der Waals surface area contributed by atoms with E-state index in [9.17, 15) is 10.1 Å². The molecule has 3 rings (SSSR count). The van der Waals surface area contributed by atoms with E-state index in [1.54, 1.807) is 0 Å². The zero-order valence-electron chi connectivity index (χ0n) is 12.9. The number of H-pyrrole nitrogens is 1. The summed E-state index contributed by atoms with van der Waals surface area (Å²) in [6.45, 7) is 2.06. The minimum atomic E-state index is -0.628. The summed E-state index contributed by atoms with van der Waals surface area (Å²) in [7, 11) is 0. The van der Waals surface area contributed by atoms with Crippen LogP contribution in [0.25, 0.3) is 10.9 Å². The Labute approximate surface area is 130 Å². The zero-order valence-corrected chi connectivity index (χ0v) is 12.9. The molecule has 1 amide bonds. The number of fused-ring (bicyclic) bond motifs is 1. The Morgan fingerprint density at radius 2 is 2.14 bits per heavy atom. The number of benzene rings is 1. The fraction of sp³-hybridized carbons (Fsp3) is 0.444. The van der Waals surface area contributed by atoms with Crippen molar-refractivity contribution in [1.29, 1.82) is 5.26 Å².